The number of halogens is 1. The number of piperidine rings is 1. The fraction of sp³-hybridized carbons (Fsp3) is 0.533. The molecule has 0 spiro atoms. The number of hydrogen-bond donors (Lipinski definition) is 1. The van der Waals surface area contributed by atoms with Crippen LogP contribution < -0.4 is 4.74 Å². The van der Waals surface area contributed by atoms with E-state index in [1.165, 1.54) is 0 Å². The van der Waals surface area contributed by atoms with E-state index in [-0.39, 0.29) is 12.0 Å². The second kappa shape index (κ2) is 6.59. The first-order chi connectivity index (χ1) is 9.45. The minimum atomic E-state index is -0.411. The van der Waals surface area contributed by atoms with Gasteiger partial charge in [0.25, 0.3) is 5.91 Å². The van der Waals surface area contributed by atoms with Gasteiger partial charge >= 0.3 is 0 Å². The number of carbonyl (C=O) groups excluding carboxylic acids is 1. The minimum absolute atomic E-state index is 0.0568. The van der Waals surface area contributed by atoms with Crippen molar-refractivity contribution in [2.24, 2.45) is 0 Å². The molecular weight excluding hydrogens is 322 g/mol. The Hall–Kier alpha value is -1.07. The van der Waals surface area contributed by atoms with Gasteiger partial charge in [-0.1, -0.05) is 15.9 Å². The molecular formula is C15H20BrNO3. The van der Waals surface area contributed by atoms with Crippen LogP contribution in [0.2, 0.25) is 0 Å². The molecule has 1 N–H and O–H groups in total. The van der Waals surface area contributed by atoms with Crippen LogP contribution in [0.3, 0.4) is 0 Å². The molecule has 110 valence electrons. The molecule has 5 heteroatoms. The molecule has 1 aromatic rings. The van der Waals surface area contributed by atoms with Crippen LogP contribution in [0.25, 0.3) is 0 Å². The van der Waals surface area contributed by atoms with Crippen molar-refractivity contribution in [3.8, 4) is 5.75 Å². The van der Waals surface area contributed by atoms with Crippen molar-refractivity contribution < 1.29 is 14.6 Å². The summed E-state index contributed by atoms with van der Waals surface area (Å²) in [7, 11) is 0. The van der Waals surface area contributed by atoms with Crippen molar-refractivity contribution in [3.05, 3.63) is 28.2 Å². The third-order valence-corrected chi connectivity index (χ3v) is 3.63. The topological polar surface area (TPSA) is 49.8 Å². The number of hydrogen-bond acceptors (Lipinski definition) is 3. The molecule has 0 saturated carbocycles. The summed E-state index contributed by atoms with van der Waals surface area (Å²) >= 11 is 3.41. The molecule has 1 fully saturated rings. The zero-order valence-corrected chi connectivity index (χ0v) is 13.4. The second-order valence-corrected chi connectivity index (χ2v) is 6.31. The Morgan fingerprint density at radius 3 is 2.85 bits per heavy atom. The van der Waals surface area contributed by atoms with Gasteiger partial charge in [-0.15, -0.1) is 0 Å². The quantitative estimate of drug-likeness (QED) is 0.919. The lowest BCUT2D eigenvalue weighted by Gasteiger charge is -2.30. The van der Waals surface area contributed by atoms with E-state index in [0.717, 1.165) is 17.3 Å². The number of aliphatic hydroxyl groups is 1. The van der Waals surface area contributed by atoms with E-state index in [9.17, 15) is 9.90 Å². The van der Waals surface area contributed by atoms with Crippen molar-refractivity contribution in [3.63, 3.8) is 0 Å². The van der Waals surface area contributed by atoms with Crippen LogP contribution in [0.1, 0.15) is 37.0 Å². The highest BCUT2D eigenvalue weighted by atomic mass is 79.9. The summed E-state index contributed by atoms with van der Waals surface area (Å²) in [4.78, 5) is 14.2. The molecule has 0 radical (unpaired) electrons. The number of rotatable bonds is 3. The van der Waals surface area contributed by atoms with Gasteiger partial charge < -0.3 is 14.7 Å². The van der Waals surface area contributed by atoms with Crippen molar-refractivity contribution in [2.75, 3.05) is 13.1 Å². The highest BCUT2D eigenvalue weighted by Crippen LogP contribution is 2.24. The maximum Gasteiger partial charge on any atom is 0.254 e. The Bertz CT molecular complexity index is 490. The van der Waals surface area contributed by atoms with Gasteiger partial charge in [-0.3, -0.25) is 4.79 Å². The predicted octanol–water partition coefficient (Wildman–Crippen LogP) is 2.83. The fourth-order valence-electron chi connectivity index (χ4n) is 2.35. The number of nitrogens with zero attached hydrogens (tertiary/aromatic N) is 1. The lowest BCUT2D eigenvalue weighted by Crippen LogP contribution is -2.42. The molecule has 0 aliphatic carbocycles. The minimum Gasteiger partial charge on any atom is -0.491 e. The number of likely N-dealkylation sites (tertiary alicyclic amines) is 1. The summed E-state index contributed by atoms with van der Waals surface area (Å²) in [6.45, 7) is 5.00. The number of aliphatic hydroxyl groups excluding tert-OH is 1. The number of ether oxygens (including phenoxy) is 1. The summed E-state index contributed by atoms with van der Waals surface area (Å²) in [5, 5.41) is 9.68. The van der Waals surface area contributed by atoms with Crippen LogP contribution in [-0.2, 0) is 0 Å². The van der Waals surface area contributed by atoms with E-state index in [2.05, 4.69) is 15.9 Å². The van der Waals surface area contributed by atoms with Gasteiger partial charge in [-0.05, 0) is 44.9 Å². The van der Waals surface area contributed by atoms with Crippen molar-refractivity contribution in [1.29, 1.82) is 0 Å². The normalized spacial score (nSPS) is 19.2. The van der Waals surface area contributed by atoms with Gasteiger partial charge in [-0.25, -0.2) is 0 Å². The van der Waals surface area contributed by atoms with Crippen LogP contribution in [0.15, 0.2) is 22.7 Å². The number of β-amino-alcohol motifs (C(OH)–C–C–N with tert-alkyl or cyclic N) is 1. The maximum absolute atomic E-state index is 12.5. The monoisotopic (exact) mass is 341 g/mol. The molecule has 4 nitrogen and oxygen atoms in total. The lowest BCUT2D eigenvalue weighted by molar-refractivity contribution is 0.0473. The van der Waals surface area contributed by atoms with Gasteiger partial charge in [0.1, 0.15) is 5.75 Å². The molecule has 1 aliphatic rings. The van der Waals surface area contributed by atoms with Crippen LogP contribution in [0, 0.1) is 0 Å². The van der Waals surface area contributed by atoms with Crippen LogP contribution in [-0.4, -0.2) is 41.2 Å². The number of amides is 1. The lowest BCUT2D eigenvalue weighted by atomic mass is 10.1. The summed E-state index contributed by atoms with van der Waals surface area (Å²) in [6.07, 6.45) is 1.26. The van der Waals surface area contributed by atoms with Gasteiger partial charge in [0.15, 0.2) is 0 Å². The first kappa shape index (κ1) is 15.3. The summed E-state index contributed by atoms with van der Waals surface area (Å²) in [6, 6.07) is 5.40. The Morgan fingerprint density at radius 2 is 2.20 bits per heavy atom. The molecule has 1 atom stereocenters. The van der Waals surface area contributed by atoms with Crippen molar-refractivity contribution >= 4 is 21.8 Å². The van der Waals surface area contributed by atoms with E-state index < -0.39 is 6.10 Å². The van der Waals surface area contributed by atoms with Crippen LogP contribution >= 0.6 is 15.9 Å². The third kappa shape index (κ3) is 3.96. The predicted molar refractivity (Wildman–Crippen MR) is 81.1 cm³/mol. The second-order valence-electron chi connectivity index (χ2n) is 5.39. The average Bonchev–Trinajstić information content (AvgIpc) is 2.36. The molecule has 0 aromatic heterocycles. The number of benzene rings is 1. The van der Waals surface area contributed by atoms with E-state index in [0.29, 0.717) is 24.4 Å². The molecule has 1 aliphatic heterocycles. The molecule has 1 heterocycles. The summed E-state index contributed by atoms with van der Waals surface area (Å²) in [5.74, 6) is 0.619. The maximum atomic E-state index is 12.5. The molecule has 1 saturated heterocycles. The van der Waals surface area contributed by atoms with Crippen molar-refractivity contribution in [1.82, 2.24) is 4.90 Å². The SMILES string of the molecule is CC(C)Oc1cc(Br)cc(C(=O)N2CCCC(O)C2)c1. The third-order valence-electron chi connectivity index (χ3n) is 3.17. The number of carbonyl (C=O) groups is 1. The van der Waals surface area contributed by atoms with E-state index in [4.69, 9.17) is 4.74 Å². The standard InChI is InChI=1S/C15H20BrNO3/c1-10(2)20-14-7-11(6-12(16)8-14)15(19)17-5-3-4-13(18)9-17/h6-8,10,13,18H,3-5,9H2,1-2H3. The largest absolute Gasteiger partial charge is 0.491 e. The van der Waals surface area contributed by atoms with Crippen LogP contribution in [0.5, 0.6) is 5.75 Å². The zero-order chi connectivity index (χ0) is 14.7. The Balaban J connectivity index is 2.18. The Kier molecular flexibility index (Phi) is 5.05. The molecule has 2 rings (SSSR count). The first-order valence-corrected chi connectivity index (χ1v) is 7.69. The van der Waals surface area contributed by atoms with E-state index >= 15 is 0 Å². The van der Waals surface area contributed by atoms with Crippen molar-refractivity contribution in [2.45, 2.75) is 38.9 Å². The average molecular weight is 342 g/mol. The highest BCUT2D eigenvalue weighted by molar-refractivity contribution is 9.10. The summed E-state index contributed by atoms with van der Waals surface area (Å²) in [5.41, 5.74) is 0.587. The summed E-state index contributed by atoms with van der Waals surface area (Å²) < 4.78 is 6.46. The Labute approximate surface area is 127 Å². The zero-order valence-electron chi connectivity index (χ0n) is 11.8. The molecule has 1 aromatic carbocycles. The fourth-order valence-corrected chi connectivity index (χ4v) is 2.82. The van der Waals surface area contributed by atoms with E-state index in [1.54, 1.807) is 17.0 Å². The first-order valence-electron chi connectivity index (χ1n) is 6.90. The van der Waals surface area contributed by atoms with Gasteiger partial charge in [0.2, 0.25) is 0 Å². The van der Waals surface area contributed by atoms with Gasteiger partial charge in [0.05, 0.1) is 12.2 Å². The van der Waals surface area contributed by atoms with Gasteiger partial charge in [0, 0.05) is 23.1 Å². The van der Waals surface area contributed by atoms with Crippen LogP contribution in [0.4, 0.5) is 0 Å². The highest BCUT2D eigenvalue weighted by Gasteiger charge is 2.23. The molecule has 1 unspecified atom stereocenters. The molecule has 1 amide bonds. The molecule has 0 bridgehead atoms. The Morgan fingerprint density at radius 1 is 1.45 bits per heavy atom. The smallest absolute Gasteiger partial charge is 0.254 e. The molecule has 20 heavy (non-hydrogen) atoms. The van der Waals surface area contributed by atoms with Gasteiger partial charge in [-0.2, -0.15) is 0 Å². The van der Waals surface area contributed by atoms with E-state index in [1.807, 2.05) is 19.9 Å².